The molecule has 2 aliphatic rings. The van der Waals surface area contributed by atoms with Crippen molar-refractivity contribution in [3.05, 3.63) is 33.9 Å². The van der Waals surface area contributed by atoms with Crippen LogP contribution in [0.4, 0.5) is 4.79 Å². The molecule has 10 heteroatoms. The number of amides is 1. The number of alkyl carbamates (subject to hydrolysis) is 1. The van der Waals surface area contributed by atoms with Crippen LogP contribution in [-0.2, 0) is 14.8 Å². The summed E-state index contributed by atoms with van der Waals surface area (Å²) < 4.78 is 33.9. The van der Waals surface area contributed by atoms with E-state index in [0.29, 0.717) is 36.1 Å². The van der Waals surface area contributed by atoms with Crippen molar-refractivity contribution >= 4 is 43.4 Å². The molecule has 7 nitrogen and oxygen atoms in total. The highest BCUT2D eigenvalue weighted by molar-refractivity contribution is 9.10. The van der Waals surface area contributed by atoms with Gasteiger partial charge in [0, 0.05) is 41.3 Å². The standard InChI is InChI=1S/C22H28BrN3O4S2/c1-2-30-22(27)25-17-8-5-15(6-9-17)21-24-14-19(31-21)18-10-7-16(23)13-20(18)32(28,29)26-11-3-4-12-26/h7,10,13-15,17H,2-6,8-9,11-12H2,1H3,(H,25,27)/t15-,17-. The number of sulfonamides is 1. The number of halogens is 1. The van der Waals surface area contributed by atoms with E-state index in [1.54, 1.807) is 34.8 Å². The number of rotatable bonds is 6. The second kappa shape index (κ2) is 10.2. The third-order valence-electron chi connectivity index (χ3n) is 6.09. The van der Waals surface area contributed by atoms with Crippen LogP contribution in [0.15, 0.2) is 33.8 Å². The van der Waals surface area contributed by atoms with Gasteiger partial charge in [0.15, 0.2) is 0 Å². The zero-order valence-corrected chi connectivity index (χ0v) is 21.3. The van der Waals surface area contributed by atoms with Gasteiger partial charge in [0.05, 0.1) is 21.4 Å². The first-order chi connectivity index (χ1) is 15.4. The van der Waals surface area contributed by atoms with Gasteiger partial charge < -0.3 is 10.1 Å². The molecule has 1 aliphatic heterocycles. The van der Waals surface area contributed by atoms with E-state index >= 15 is 0 Å². The Bertz CT molecular complexity index is 1060. The van der Waals surface area contributed by atoms with Gasteiger partial charge in [-0.05, 0) is 57.6 Å². The summed E-state index contributed by atoms with van der Waals surface area (Å²) in [4.78, 5) is 17.5. The number of hydrogen-bond donors (Lipinski definition) is 1. The molecular formula is C22H28BrN3O4S2. The smallest absolute Gasteiger partial charge is 0.407 e. The van der Waals surface area contributed by atoms with E-state index in [4.69, 9.17) is 4.74 Å². The van der Waals surface area contributed by atoms with Crippen LogP contribution in [0.25, 0.3) is 10.4 Å². The van der Waals surface area contributed by atoms with Crippen LogP contribution in [-0.4, -0.2) is 49.5 Å². The molecule has 0 unspecified atom stereocenters. The molecule has 1 amide bonds. The summed E-state index contributed by atoms with van der Waals surface area (Å²) in [7, 11) is -3.55. The second-order valence-corrected chi connectivity index (χ2v) is 12.1. The van der Waals surface area contributed by atoms with Crippen LogP contribution in [0.1, 0.15) is 56.4 Å². The van der Waals surface area contributed by atoms with Crippen molar-refractivity contribution in [3.63, 3.8) is 0 Å². The van der Waals surface area contributed by atoms with Gasteiger partial charge in [-0.25, -0.2) is 18.2 Å². The molecule has 0 spiro atoms. The number of carbonyl (C=O) groups excluding carboxylic acids is 1. The fraction of sp³-hybridized carbons (Fsp3) is 0.545. The Labute approximate surface area is 201 Å². The Kier molecular flexibility index (Phi) is 7.54. The molecule has 1 N–H and O–H groups in total. The molecule has 0 bridgehead atoms. The Hall–Kier alpha value is -1.49. The number of nitrogens with one attached hydrogen (secondary N) is 1. The molecule has 1 aromatic carbocycles. The summed E-state index contributed by atoms with van der Waals surface area (Å²) in [5.74, 6) is 0.322. The molecule has 0 radical (unpaired) electrons. The van der Waals surface area contributed by atoms with Gasteiger partial charge in [-0.2, -0.15) is 4.31 Å². The molecule has 174 valence electrons. The Morgan fingerprint density at radius 3 is 2.66 bits per heavy atom. The van der Waals surface area contributed by atoms with E-state index in [0.717, 1.165) is 52.9 Å². The van der Waals surface area contributed by atoms with E-state index in [1.807, 2.05) is 12.1 Å². The van der Waals surface area contributed by atoms with Crippen LogP contribution >= 0.6 is 27.3 Å². The minimum Gasteiger partial charge on any atom is -0.450 e. The van der Waals surface area contributed by atoms with Gasteiger partial charge in [0.1, 0.15) is 0 Å². The maximum atomic E-state index is 13.3. The third kappa shape index (κ3) is 5.18. The fourth-order valence-corrected chi connectivity index (χ4v) is 7.86. The quantitative estimate of drug-likeness (QED) is 0.547. The van der Waals surface area contributed by atoms with Gasteiger partial charge in [-0.1, -0.05) is 22.0 Å². The van der Waals surface area contributed by atoms with Gasteiger partial charge >= 0.3 is 6.09 Å². The maximum Gasteiger partial charge on any atom is 0.407 e. The van der Waals surface area contributed by atoms with Crippen LogP contribution in [0.5, 0.6) is 0 Å². The van der Waals surface area contributed by atoms with Gasteiger partial charge in [-0.15, -0.1) is 11.3 Å². The first kappa shape index (κ1) is 23.7. The highest BCUT2D eigenvalue weighted by Gasteiger charge is 2.31. The average molecular weight is 543 g/mol. The third-order valence-corrected chi connectivity index (χ3v) is 9.71. The first-order valence-electron chi connectivity index (χ1n) is 11.1. The highest BCUT2D eigenvalue weighted by Crippen LogP contribution is 2.40. The summed E-state index contributed by atoms with van der Waals surface area (Å²) in [6, 6.07) is 5.58. The highest BCUT2D eigenvalue weighted by atomic mass is 79.9. The minimum atomic E-state index is -3.55. The lowest BCUT2D eigenvalue weighted by atomic mass is 9.86. The van der Waals surface area contributed by atoms with Crippen molar-refractivity contribution in [2.45, 2.75) is 62.3 Å². The topological polar surface area (TPSA) is 88.6 Å². The van der Waals surface area contributed by atoms with Crippen LogP contribution in [0.3, 0.4) is 0 Å². The lowest BCUT2D eigenvalue weighted by molar-refractivity contribution is 0.144. The number of aromatic nitrogens is 1. The molecule has 2 aromatic rings. The lowest BCUT2D eigenvalue weighted by Gasteiger charge is -2.27. The first-order valence-corrected chi connectivity index (χ1v) is 14.1. The van der Waals surface area contributed by atoms with Gasteiger partial charge in [0.2, 0.25) is 10.0 Å². The van der Waals surface area contributed by atoms with E-state index in [1.165, 1.54) is 0 Å². The normalized spacial score (nSPS) is 22.1. The Morgan fingerprint density at radius 2 is 1.97 bits per heavy atom. The zero-order valence-electron chi connectivity index (χ0n) is 18.0. The summed E-state index contributed by atoms with van der Waals surface area (Å²) in [6.45, 7) is 3.31. The molecule has 1 saturated heterocycles. The van der Waals surface area contributed by atoms with Gasteiger partial charge in [-0.3, -0.25) is 0 Å². The lowest BCUT2D eigenvalue weighted by Crippen LogP contribution is -2.37. The number of hydrogen-bond acceptors (Lipinski definition) is 6. The predicted molar refractivity (Wildman–Crippen MR) is 128 cm³/mol. The Balaban J connectivity index is 1.51. The number of ether oxygens (including phenoxy) is 1. The number of carbonyl (C=O) groups is 1. The zero-order chi connectivity index (χ0) is 22.7. The predicted octanol–water partition coefficient (Wildman–Crippen LogP) is 5.13. The number of nitrogens with zero attached hydrogens (tertiary/aromatic N) is 2. The molecule has 1 aliphatic carbocycles. The molecule has 32 heavy (non-hydrogen) atoms. The van der Waals surface area contributed by atoms with Crippen LogP contribution < -0.4 is 5.32 Å². The molecular weight excluding hydrogens is 514 g/mol. The summed E-state index contributed by atoms with van der Waals surface area (Å²) in [6.07, 6.45) is 6.88. The SMILES string of the molecule is CCOC(=O)N[C@H]1CC[C@H](c2ncc(-c3ccc(Br)cc3S(=O)(=O)N3CCCC3)s2)CC1. The second-order valence-electron chi connectivity index (χ2n) is 8.23. The average Bonchev–Trinajstić information content (AvgIpc) is 3.47. The largest absolute Gasteiger partial charge is 0.450 e. The molecule has 2 fully saturated rings. The van der Waals surface area contributed by atoms with Crippen molar-refractivity contribution in [3.8, 4) is 10.4 Å². The van der Waals surface area contributed by atoms with Crippen LogP contribution in [0.2, 0.25) is 0 Å². The van der Waals surface area contributed by atoms with Gasteiger partial charge in [0.25, 0.3) is 0 Å². The summed E-state index contributed by atoms with van der Waals surface area (Å²) >= 11 is 5.01. The van der Waals surface area contributed by atoms with E-state index in [2.05, 4.69) is 26.2 Å². The minimum absolute atomic E-state index is 0.133. The van der Waals surface area contributed by atoms with Crippen molar-refractivity contribution in [2.75, 3.05) is 19.7 Å². The van der Waals surface area contributed by atoms with Crippen LogP contribution in [0, 0.1) is 0 Å². The van der Waals surface area contributed by atoms with Crippen molar-refractivity contribution in [2.24, 2.45) is 0 Å². The van der Waals surface area contributed by atoms with Crippen molar-refractivity contribution in [1.82, 2.24) is 14.6 Å². The monoisotopic (exact) mass is 541 g/mol. The number of thiazole rings is 1. The van der Waals surface area contributed by atoms with Crippen molar-refractivity contribution < 1.29 is 17.9 Å². The molecule has 4 rings (SSSR count). The summed E-state index contributed by atoms with van der Waals surface area (Å²) in [5.41, 5.74) is 0.710. The molecule has 2 heterocycles. The molecule has 1 aromatic heterocycles. The molecule has 0 atom stereocenters. The van der Waals surface area contributed by atoms with E-state index in [9.17, 15) is 13.2 Å². The van der Waals surface area contributed by atoms with E-state index < -0.39 is 10.0 Å². The summed E-state index contributed by atoms with van der Waals surface area (Å²) in [5, 5.41) is 3.95. The fourth-order valence-electron chi connectivity index (χ4n) is 4.41. The number of benzene rings is 1. The molecule has 1 saturated carbocycles. The maximum absolute atomic E-state index is 13.3. The Morgan fingerprint density at radius 1 is 1.25 bits per heavy atom. The van der Waals surface area contributed by atoms with E-state index in [-0.39, 0.29) is 12.1 Å². The van der Waals surface area contributed by atoms with Crippen molar-refractivity contribution in [1.29, 1.82) is 0 Å².